The van der Waals surface area contributed by atoms with E-state index in [0.29, 0.717) is 0 Å². The summed E-state index contributed by atoms with van der Waals surface area (Å²) in [6.45, 7) is 8.42. The summed E-state index contributed by atoms with van der Waals surface area (Å²) in [5.74, 6) is 0. The molecule has 1 aromatic heterocycles. The van der Waals surface area contributed by atoms with Crippen molar-refractivity contribution in [3.63, 3.8) is 0 Å². The number of para-hydroxylation sites is 1. The molecule has 0 amide bonds. The van der Waals surface area contributed by atoms with Crippen molar-refractivity contribution in [2.24, 2.45) is 0 Å². The average molecular weight is 292 g/mol. The highest BCUT2D eigenvalue weighted by Gasteiger charge is 2.11. The van der Waals surface area contributed by atoms with Gasteiger partial charge in [-0.25, -0.2) is 0 Å². The molecule has 0 saturated carbocycles. The number of hydrogen-bond acceptors (Lipinski definition) is 1. The summed E-state index contributed by atoms with van der Waals surface area (Å²) in [4.78, 5) is 0. The lowest BCUT2D eigenvalue weighted by atomic mass is 10.1. The van der Waals surface area contributed by atoms with Gasteiger partial charge in [0.25, 0.3) is 0 Å². The minimum atomic E-state index is 0.124. The lowest BCUT2D eigenvalue weighted by Gasteiger charge is -2.21. The zero-order chi connectivity index (χ0) is 15.6. The van der Waals surface area contributed by atoms with Gasteiger partial charge in [-0.2, -0.15) is 0 Å². The fourth-order valence-corrected chi connectivity index (χ4v) is 2.76. The number of aromatic nitrogens is 1. The van der Waals surface area contributed by atoms with Crippen molar-refractivity contribution >= 4 is 10.9 Å². The molecule has 0 unspecified atom stereocenters. The van der Waals surface area contributed by atoms with E-state index in [-0.39, 0.29) is 5.54 Å². The lowest BCUT2D eigenvalue weighted by molar-refractivity contribution is 0.425. The van der Waals surface area contributed by atoms with Gasteiger partial charge in [-0.1, -0.05) is 48.5 Å². The van der Waals surface area contributed by atoms with Crippen molar-refractivity contribution in [2.45, 2.75) is 39.4 Å². The molecule has 0 radical (unpaired) electrons. The maximum absolute atomic E-state index is 3.60. The van der Waals surface area contributed by atoms with E-state index in [0.717, 1.165) is 13.1 Å². The molecule has 3 rings (SSSR count). The summed E-state index contributed by atoms with van der Waals surface area (Å²) in [6, 6.07) is 19.4. The standard InChI is InChI=1S/C20H24N2/c1-20(2,3)21-14-18-11-7-10-17-12-13-22(19(17)18)15-16-8-5-4-6-9-16/h4-13,21H,14-15H2,1-3H3. The molecular formula is C20H24N2. The number of nitrogens with zero attached hydrogens (tertiary/aromatic N) is 1. The van der Waals surface area contributed by atoms with Gasteiger partial charge < -0.3 is 9.88 Å². The van der Waals surface area contributed by atoms with Gasteiger partial charge >= 0.3 is 0 Å². The molecule has 0 saturated heterocycles. The van der Waals surface area contributed by atoms with E-state index in [2.05, 4.69) is 91.4 Å². The van der Waals surface area contributed by atoms with E-state index in [1.807, 2.05) is 0 Å². The molecular weight excluding hydrogens is 268 g/mol. The van der Waals surface area contributed by atoms with Gasteiger partial charge in [0.2, 0.25) is 0 Å². The third-order valence-corrected chi connectivity index (χ3v) is 3.88. The molecule has 2 heteroatoms. The maximum atomic E-state index is 3.60. The van der Waals surface area contributed by atoms with Crippen LogP contribution in [-0.2, 0) is 13.1 Å². The van der Waals surface area contributed by atoms with Crippen LogP contribution >= 0.6 is 0 Å². The quantitative estimate of drug-likeness (QED) is 0.745. The van der Waals surface area contributed by atoms with Gasteiger partial charge in [0, 0.05) is 24.8 Å². The van der Waals surface area contributed by atoms with E-state index in [1.165, 1.54) is 22.0 Å². The predicted octanol–water partition coefficient (Wildman–Crippen LogP) is 4.58. The van der Waals surface area contributed by atoms with Crippen molar-refractivity contribution < 1.29 is 0 Å². The van der Waals surface area contributed by atoms with Gasteiger partial charge in [0.05, 0.1) is 5.52 Å². The summed E-state index contributed by atoms with van der Waals surface area (Å²) < 4.78 is 2.35. The summed E-state index contributed by atoms with van der Waals surface area (Å²) in [7, 11) is 0. The van der Waals surface area contributed by atoms with Gasteiger partial charge in [0.15, 0.2) is 0 Å². The van der Waals surface area contributed by atoms with Crippen LogP contribution in [0.5, 0.6) is 0 Å². The first-order chi connectivity index (χ1) is 10.5. The fraction of sp³-hybridized carbons (Fsp3) is 0.300. The SMILES string of the molecule is CC(C)(C)NCc1cccc2ccn(Cc3ccccc3)c12. The maximum Gasteiger partial charge on any atom is 0.0529 e. The van der Waals surface area contributed by atoms with Crippen molar-refractivity contribution in [2.75, 3.05) is 0 Å². The van der Waals surface area contributed by atoms with Crippen molar-refractivity contribution in [1.29, 1.82) is 0 Å². The Morgan fingerprint density at radius 3 is 2.41 bits per heavy atom. The second kappa shape index (κ2) is 5.98. The predicted molar refractivity (Wildman–Crippen MR) is 94.1 cm³/mol. The molecule has 3 aromatic rings. The molecule has 0 bridgehead atoms. The molecule has 2 aromatic carbocycles. The van der Waals surface area contributed by atoms with E-state index in [1.54, 1.807) is 0 Å². The Morgan fingerprint density at radius 1 is 0.909 bits per heavy atom. The molecule has 0 fully saturated rings. The van der Waals surface area contributed by atoms with E-state index in [4.69, 9.17) is 0 Å². The van der Waals surface area contributed by atoms with Crippen LogP contribution in [0.4, 0.5) is 0 Å². The van der Waals surface area contributed by atoms with Gasteiger partial charge in [-0.15, -0.1) is 0 Å². The highest BCUT2D eigenvalue weighted by atomic mass is 15.0. The Kier molecular flexibility index (Phi) is 4.04. The van der Waals surface area contributed by atoms with Crippen LogP contribution in [0.1, 0.15) is 31.9 Å². The van der Waals surface area contributed by atoms with Crippen LogP contribution in [0.2, 0.25) is 0 Å². The normalized spacial score (nSPS) is 12.0. The average Bonchev–Trinajstić information content (AvgIpc) is 2.89. The van der Waals surface area contributed by atoms with Crippen LogP contribution in [0, 0.1) is 0 Å². The Bertz CT molecular complexity index is 748. The summed E-state index contributed by atoms with van der Waals surface area (Å²) in [5, 5.41) is 4.91. The molecule has 0 spiro atoms. The molecule has 0 atom stereocenters. The largest absolute Gasteiger partial charge is 0.343 e. The summed E-state index contributed by atoms with van der Waals surface area (Å²) >= 11 is 0. The minimum Gasteiger partial charge on any atom is -0.343 e. The van der Waals surface area contributed by atoms with Crippen LogP contribution in [0.15, 0.2) is 60.8 Å². The first kappa shape index (κ1) is 14.9. The molecule has 22 heavy (non-hydrogen) atoms. The first-order valence-electron chi connectivity index (χ1n) is 7.89. The first-order valence-corrected chi connectivity index (χ1v) is 7.89. The molecule has 0 aliphatic carbocycles. The van der Waals surface area contributed by atoms with Crippen LogP contribution in [0.3, 0.4) is 0 Å². The van der Waals surface area contributed by atoms with Gasteiger partial charge in [-0.3, -0.25) is 0 Å². The minimum absolute atomic E-state index is 0.124. The third kappa shape index (κ3) is 3.40. The third-order valence-electron chi connectivity index (χ3n) is 3.88. The fourth-order valence-electron chi connectivity index (χ4n) is 2.76. The van der Waals surface area contributed by atoms with Crippen LogP contribution in [-0.4, -0.2) is 10.1 Å². The number of fused-ring (bicyclic) bond motifs is 1. The van der Waals surface area contributed by atoms with Crippen molar-refractivity contribution in [1.82, 2.24) is 9.88 Å². The monoisotopic (exact) mass is 292 g/mol. The highest BCUT2D eigenvalue weighted by Crippen LogP contribution is 2.22. The molecule has 1 heterocycles. The van der Waals surface area contributed by atoms with E-state index in [9.17, 15) is 0 Å². The number of hydrogen-bond donors (Lipinski definition) is 1. The van der Waals surface area contributed by atoms with E-state index >= 15 is 0 Å². The smallest absolute Gasteiger partial charge is 0.0529 e. The second-order valence-corrected chi connectivity index (χ2v) is 6.89. The number of benzene rings is 2. The zero-order valence-corrected chi connectivity index (χ0v) is 13.6. The van der Waals surface area contributed by atoms with Gasteiger partial charge in [0.1, 0.15) is 0 Å². The Balaban J connectivity index is 1.94. The molecule has 2 nitrogen and oxygen atoms in total. The van der Waals surface area contributed by atoms with Crippen LogP contribution < -0.4 is 5.32 Å². The van der Waals surface area contributed by atoms with Gasteiger partial charge in [-0.05, 0) is 43.4 Å². The topological polar surface area (TPSA) is 17.0 Å². The zero-order valence-electron chi connectivity index (χ0n) is 13.6. The Morgan fingerprint density at radius 2 is 1.68 bits per heavy atom. The lowest BCUT2D eigenvalue weighted by Crippen LogP contribution is -2.35. The summed E-state index contributed by atoms with van der Waals surface area (Å²) in [6.07, 6.45) is 2.19. The number of rotatable bonds is 4. The highest BCUT2D eigenvalue weighted by molar-refractivity contribution is 5.83. The Labute approximate surface area is 132 Å². The molecule has 0 aliphatic heterocycles. The van der Waals surface area contributed by atoms with E-state index < -0.39 is 0 Å². The molecule has 0 aliphatic rings. The molecule has 1 N–H and O–H groups in total. The Hall–Kier alpha value is -2.06. The van der Waals surface area contributed by atoms with Crippen LogP contribution in [0.25, 0.3) is 10.9 Å². The summed E-state index contributed by atoms with van der Waals surface area (Å²) in [5.41, 5.74) is 4.15. The van der Waals surface area contributed by atoms with Crippen molar-refractivity contribution in [3.8, 4) is 0 Å². The second-order valence-electron chi connectivity index (χ2n) is 6.89. The van der Waals surface area contributed by atoms with Crippen molar-refractivity contribution in [3.05, 3.63) is 71.9 Å². The molecule has 114 valence electrons. The number of nitrogens with one attached hydrogen (secondary N) is 1.